The quantitative estimate of drug-likeness (QED) is 0.910. The van der Waals surface area contributed by atoms with Crippen LogP contribution in [-0.2, 0) is 6.54 Å². The summed E-state index contributed by atoms with van der Waals surface area (Å²) in [6.07, 6.45) is -0.443. The van der Waals surface area contributed by atoms with Crippen molar-refractivity contribution in [3.8, 4) is 0 Å². The van der Waals surface area contributed by atoms with Crippen LogP contribution in [0.15, 0.2) is 59.1 Å². The highest BCUT2D eigenvalue weighted by Gasteiger charge is 2.10. The summed E-state index contributed by atoms with van der Waals surface area (Å²) in [6, 6.07) is 18.0. The van der Waals surface area contributed by atoms with Crippen LogP contribution in [0.1, 0.15) is 17.2 Å². The van der Waals surface area contributed by atoms with Gasteiger partial charge in [-0.2, -0.15) is 0 Å². The maximum absolute atomic E-state index is 10.2. The molecule has 0 radical (unpaired) electrons. The van der Waals surface area contributed by atoms with Crippen molar-refractivity contribution in [2.45, 2.75) is 12.6 Å². The van der Waals surface area contributed by atoms with Crippen LogP contribution in [0, 0.1) is 0 Å². The lowest BCUT2D eigenvalue weighted by Crippen LogP contribution is -2.24. The van der Waals surface area contributed by atoms with Crippen LogP contribution >= 0.6 is 15.9 Å². The van der Waals surface area contributed by atoms with Gasteiger partial charge in [0.1, 0.15) is 0 Å². The molecule has 19 heavy (non-hydrogen) atoms. The van der Waals surface area contributed by atoms with Crippen molar-refractivity contribution in [2.75, 3.05) is 13.6 Å². The lowest BCUT2D eigenvalue weighted by atomic mass is 10.1. The predicted octanol–water partition coefficient (Wildman–Crippen LogP) is 3.61. The second kappa shape index (κ2) is 6.85. The fourth-order valence-corrected chi connectivity index (χ4v) is 2.31. The van der Waals surface area contributed by atoms with Gasteiger partial charge in [-0.3, -0.25) is 4.90 Å². The molecule has 0 bridgehead atoms. The molecule has 2 rings (SSSR count). The van der Waals surface area contributed by atoms with Crippen LogP contribution in [0.25, 0.3) is 0 Å². The number of aliphatic hydroxyl groups excluding tert-OH is 1. The number of hydrogen-bond acceptors (Lipinski definition) is 2. The van der Waals surface area contributed by atoms with E-state index in [0.717, 1.165) is 16.6 Å². The van der Waals surface area contributed by atoms with Gasteiger partial charge in [-0.1, -0.05) is 58.4 Å². The minimum Gasteiger partial charge on any atom is -0.387 e. The Kier molecular flexibility index (Phi) is 5.14. The lowest BCUT2D eigenvalue weighted by Gasteiger charge is -2.21. The highest BCUT2D eigenvalue weighted by molar-refractivity contribution is 9.10. The molecule has 0 saturated carbocycles. The second-order valence-corrected chi connectivity index (χ2v) is 5.67. The van der Waals surface area contributed by atoms with E-state index in [1.54, 1.807) is 0 Å². The molecular formula is C16H18BrNO. The fourth-order valence-electron chi connectivity index (χ4n) is 2.04. The minimum atomic E-state index is -0.443. The normalized spacial score (nSPS) is 12.6. The zero-order valence-electron chi connectivity index (χ0n) is 11.0. The van der Waals surface area contributed by atoms with Crippen molar-refractivity contribution >= 4 is 15.9 Å². The lowest BCUT2D eigenvalue weighted by molar-refractivity contribution is 0.124. The van der Waals surface area contributed by atoms with Crippen LogP contribution in [0.2, 0.25) is 0 Å². The van der Waals surface area contributed by atoms with Gasteiger partial charge in [0.05, 0.1) is 6.10 Å². The van der Waals surface area contributed by atoms with E-state index in [9.17, 15) is 5.11 Å². The van der Waals surface area contributed by atoms with E-state index in [1.165, 1.54) is 5.56 Å². The van der Waals surface area contributed by atoms with Crippen molar-refractivity contribution in [2.24, 2.45) is 0 Å². The molecule has 2 nitrogen and oxygen atoms in total. The van der Waals surface area contributed by atoms with E-state index in [4.69, 9.17) is 0 Å². The van der Waals surface area contributed by atoms with Crippen molar-refractivity contribution in [3.05, 3.63) is 70.2 Å². The molecule has 2 aromatic carbocycles. The Labute approximate surface area is 122 Å². The van der Waals surface area contributed by atoms with Crippen LogP contribution in [0.3, 0.4) is 0 Å². The van der Waals surface area contributed by atoms with E-state index >= 15 is 0 Å². The number of halogens is 1. The number of rotatable bonds is 5. The molecule has 1 N–H and O–H groups in total. The molecule has 0 unspecified atom stereocenters. The summed E-state index contributed by atoms with van der Waals surface area (Å²) in [7, 11) is 2.02. The zero-order chi connectivity index (χ0) is 13.7. The third-order valence-corrected chi connectivity index (χ3v) is 3.56. The molecule has 0 aliphatic heterocycles. The summed E-state index contributed by atoms with van der Waals surface area (Å²) in [5.74, 6) is 0. The largest absolute Gasteiger partial charge is 0.387 e. The van der Waals surface area contributed by atoms with Crippen LogP contribution in [-0.4, -0.2) is 23.6 Å². The Bertz CT molecular complexity index is 498. The Balaban J connectivity index is 1.90. The summed E-state index contributed by atoms with van der Waals surface area (Å²) in [5, 5.41) is 10.2. The first kappa shape index (κ1) is 14.3. The standard InChI is InChI=1S/C16H18BrNO/c1-18(11-13-7-9-15(17)10-8-13)12-16(19)14-5-3-2-4-6-14/h2-10,16,19H,11-12H2,1H3/t16-/m1/s1. The average molecular weight is 320 g/mol. The van der Waals surface area contributed by atoms with Gasteiger partial charge in [-0.05, 0) is 30.3 Å². The SMILES string of the molecule is CN(Cc1ccc(Br)cc1)C[C@@H](O)c1ccccc1. The van der Waals surface area contributed by atoms with E-state index in [2.05, 4.69) is 33.0 Å². The van der Waals surface area contributed by atoms with Crippen molar-refractivity contribution < 1.29 is 5.11 Å². The van der Waals surface area contributed by atoms with Gasteiger partial charge in [-0.25, -0.2) is 0 Å². The summed E-state index contributed by atoms with van der Waals surface area (Å²) in [6.45, 7) is 1.46. The minimum absolute atomic E-state index is 0.443. The maximum Gasteiger partial charge on any atom is 0.0916 e. The maximum atomic E-state index is 10.2. The Morgan fingerprint density at radius 2 is 1.68 bits per heavy atom. The molecule has 0 aromatic heterocycles. The number of aliphatic hydroxyl groups is 1. The molecule has 3 heteroatoms. The summed E-state index contributed by atoms with van der Waals surface area (Å²) >= 11 is 3.43. The van der Waals surface area contributed by atoms with E-state index < -0.39 is 6.10 Å². The van der Waals surface area contributed by atoms with Gasteiger partial charge in [0.2, 0.25) is 0 Å². The van der Waals surface area contributed by atoms with Crippen molar-refractivity contribution in [1.82, 2.24) is 4.90 Å². The van der Waals surface area contributed by atoms with Gasteiger partial charge < -0.3 is 5.11 Å². The van der Waals surface area contributed by atoms with Crippen molar-refractivity contribution in [3.63, 3.8) is 0 Å². The van der Waals surface area contributed by atoms with Gasteiger partial charge in [0.15, 0.2) is 0 Å². The number of benzene rings is 2. The monoisotopic (exact) mass is 319 g/mol. The third kappa shape index (κ3) is 4.46. The molecular weight excluding hydrogens is 302 g/mol. The first-order valence-electron chi connectivity index (χ1n) is 6.31. The van der Waals surface area contributed by atoms with E-state index in [1.807, 2.05) is 49.5 Å². The molecule has 0 saturated heterocycles. The molecule has 0 amide bonds. The number of nitrogens with zero attached hydrogens (tertiary/aromatic N) is 1. The summed E-state index contributed by atoms with van der Waals surface area (Å²) < 4.78 is 1.09. The number of likely N-dealkylation sites (N-methyl/N-ethyl adjacent to an activating group) is 1. The second-order valence-electron chi connectivity index (χ2n) is 4.75. The van der Waals surface area contributed by atoms with Gasteiger partial charge in [0.25, 0.3) is 0 Å². The van der Waals surface area contributed by atoms with Crippen LogP contribution < -0.4 is 0 Å². The van der Waals surface area contributed by atoms with Gasteiger partial charge in [-0.15, -0.1) is 0 Å². The Hall–Kier alpha value is -1.16. The van der Waals surface area contributed by atoms with E-state index in [0.29, 0.717) is 6.54 Å². The predicted molar refractivity (Wildman–Crippen MR) is 81.9 cm³/mol. The molecule has 0 aliphatic carbocycles. The highest BCUT2D eigenvalue weighted by Crippen LogP contribution is 2.15. The molecule has 1 atom stereocenters. The highest BCUT2D eigenvalue weighted by atomic mass is 79.9. The van der Waals surface area contributed by atoms with Crippen molar-refractivity contribution in [1.29, 1.82) is 0 Å². The Morgan fingerprint density at radius 3 is 2.32 bits per heavy atom. The fraction of sp³-hybridized carbons (Fsp3) is 0.250. The smallest absolute Gasteiger partial charge is 0.0916 e. The summed E-state index contributed by atoms with van der Waals surface area (Å²) in [5.41, 5.74) is 2.20. The zero-order valence-corrected chi connectivity index (χ0v) is 12.5. The van der Waals surface area contributed by atoms with Gasteiger partial charge >= 0.3 is 0 Å². The third-order valence-electron chi connectivity index (χ3n) is 3.03. The summed E-state index contributed by atoms with van der Waals surface area (Å²) in [4.78, 5) is 2.13. The molecule has 2 aromatic rings. The van der Waals surface area contributed by atoms with Crippen LogP contribution in [0.5, 0.6) is 0 Å². The molecule has 100 valence electrons. The molecule has 0 heterocycles. The first-order valence-corrected chi connectivity index (χ1v) is 7.10. The first-order chi connectivity index (χ1) is 9.15. The van der Waals surface area contributed by atoms with E-state index in [-0.39, 0.29) is 0 Å². The molecule has 0 spiro atoms. The Morgan fingerprint density at radius 1 is 1.05 bits per heavy atom. The average Bonchev–Trinajstić information content (AvgIpc) is 2.42. The van der Waals surface area contributed by atoms with Gasteiger partial charge in [0, 0.05) is 17.6 Å². The number of hydrogen-bond donors (Lipinski definition) is 1. The molecule has 0 fully saturated rings. The topological polar surface area (TPSA) is 23.5 Å². The van der Waals surface area contributed by atoms with Crippen LogP contribution in [0.4, 0.5) is 0 Å². The molecule has 0 aliphatic rings.